The molecule has 1 amide bonds. The number of anilines is 2. The zero-order chi connectivity index (χ0) is 23.4. The number of piperazine rings is 1. The van der Waals surface area contributed by atoms with Crippen LogP contribution in [0.2, 0.25) is 0 Å². The molecule has 0 aromatic carbocycles. The highest BCUT2D eigenvalue weighted by Gasteiger charge is 2.30. The number of sulfonamides is 1. The van der Waals surface area contributed by atoms with Crippen molar-refractivity contribution in [2.75, 3.05) is 55.4 Å². The van der Waals surface area contributed by atoms with Gasteiger partial charge in [0, 0.05) is 26.2 Å². The van der Waals surface area contributed by atoms with Gasteiger partial charge in [-0.2, -0.15) is 4.31 Å². The minimum Gasteiger partial charge on any atom is -0.476 e. The molecule has 0 radical (unpaired) electrons. The quantitative estimate of drug-likeness (QED) is 0.570. The molecule has 4 heterocycles. The molecule has 4 rings (SSSR count). The first-order valence-corrected chi connectivity index (χ1v) is 12.9. The maximum Gasteiger partial charge on any atom is 0.243 e. The van der Waals surface area contributed by atoms with Gasteiger partial charge in [-0.25, -0.2) is 23.4 Å². The zero-order valence-corrected chi connectivity index (χ0v) is 19.7. The van der Waals surface area contributed by atoms with E-state index in [1.165, 1.54) is 17.3 Å². The van der Waals surface area contributed by atoms with Crippen molar-refractivity contribution in [3.05, 3.63) is 30.5 Å². The maximum absolute atomic E-state index is 12.3. The standard InChI is InChI=1S/C21H29N7O4S/c1-3-17-10-23-18(11-22-17)26-6-4-16(5-7-26)15-32-20-13-24-19(12-25-20)28-9-8-27(14-21(28)29)33(2,30)31/h10-13,16H,3-9,14-15H2,1-2H3. The molecular formula is C21H29N7O4S. The summed E-state index contributed by atoms with van der Waals surface area (Å²) in [6, 6.07) is 0. The van der Waals surface area contributed by atoms with Crippen LogP contribution in [0.1, 0.15) is 25.5 Å². The normalized spacial score (nSPS) is 18.5. The van der Waals surface area contributed by atoms with E-state index in [1.54, 1.807) is 0 Å². The molecule has 2 aromatic rings. The SMILES string of the molecule is CCc1cnc(N2CCC(COc3cnc(N4CCN(S(C)(=O)=O)CC4=O)cn3)CC2)cn1. The second kappa shape index (κ2) is 9.96. The summed E-state index contributed by atoms with van der Waals surface area (Å²) < 4.78 is 30.3. The molecule has 0 unspecified atom stereocenters. The Labute approximate surface area is 193 Å². The molecule has 178 valence electrons. The van der Waals surface area contributed by atoms with Gasteiger partial charge in [-0.05, 0) is 25.2 Å². The molecule has 0 bridgehead atoms. The molecule has 12 heteroatoms. The lowest BCUT2D eigenvalue weighted by Gasteiger charge is -2.32. The van der Waals surface area contributed by atoms with Crippen molar-refractivity contribution in [3.8, 4) is 5.88 Å². The Hall–Kier alpha value is -2.86. The van der Waals surface area contributed by atoms with Gasteiger partial charge in [-0.3, -0.25) is 14.7 Å². The van der Waals surface area contributed by atoms with Crippen molar-refractivity contribution >= 4 is 27.6 Å². The average molecular weight is 476 g/mol. The largest absolute Gasteiger partial charge is 0.476 e. The number of carbonyl (C=O) groups is 1. The molecule has 2 fully saturated rings. The van der Waals surface area contributed by atoms with Gasteiger partial charge in [0.1, 0.15) is 5.82 Å². The zero-order valence-electron chi connectivity index (χ0n) is 18.9. The maximum atomic E-state index is 12.3. The fourth-order valence-electron chi connectivity index (χ4n) is 3.93. The lowest BCUT2D eigenvalue weighted by atomic mass is 9.98. The second-order valence-electron chi connectivity index (χ2n) is 8.32. The molecule has 33 heavy (non-hydrogen) atoms. The molecule has 0 saturated carbocycles. The lowest BCUT2D eigenvalue weighted by molar-refractivity contribution is -0.120. The van der Waals surface area contributed by atoms with Gasteiger partial charge in [-0.15, -0.1) is 0 Å². The number of aryl methyl sites for hydroxylation is 1. The van der Waals surface area contributed by atoms with Crippen LogP contribution in [0.15, 0.2) is 24.8 Å². The summed E-state index contributed by atoms with van der Waals surface area (Å²) in [4.78, 5) is 33.6. The van der Waals surface area contributed by atoms with Crippen molar-refractivity contribution in [2.24, 2.45) is 5.92 Å². The molecule has 2 aromatic heterocycles. The summed E-state index contributed by atoms with van der Waals surface area (Å²) in [7, 11) is -3.39. The number of hydrogen-bond acceptors (Lipinski definition) is 9. The van der Waals surface area contributed by atoms with Crippen molar-refractivity contribution < 1.29 is 17.9 Å². The highest BCUT2D eigenvalue weighted by Crippen LogP contribution is 2.23. The van der Waals surface area contributed by atoms with Gasteiger partial charge in [0.15, 0.2) is 5.82 Å². The molecule has 2 aliphatic rings. The molecule has 11 nitrogen and oxygen atoms in total. The van der Waals surface area contributed by atoms with E-state index in [1.807, 2.05) is 12.4 Å². The van der Waals surface area contributed by atoms with Crippen LogP contribution in [-0.2, 0) is 21.2 Å². The minimum absolute atomic E-state index is 0.189. The van der Waals surface area contributed by atoms with Gasteiger partial charge in [0.25, 0.3) is 0 Å². The van der Waals surface area contributed by atoms with Crippen LogP contribution in [0.4, 0.5) is 11.6 Å². The average Bonchev–Trinajstić information content (AvgIpc) is 2.83. The van der Waals surface area contributed by atoms with Crippen LogP contribution in [0.5, 0.6) is 5.88 Å². The molecule has 0 spiro atoms. The molecule has 2 aliphatic heterocycles. The Morgan fingerprint density at radius 3 is 2.27 bits per heavy atom. The number of piperidine rings is 1. The third-order valence-electron chi connectivity index (χ3n) is 6.01. The van der Waals surface area contributed by atoms with E-state index in [2.05, 4.69) is 31.8 Å². The van der Waals surface area contributed by atoms with Crippen molar-refractivity contribution in [1.82, 2.24) is 24.2 Å². The van der Waals surface area contributed by atoms with Crippen molar-refractivity contribution in [3.63, 3.8) is 0 Å². The number of ether oxygens (including phenoxy) is 1. The van der Waals surface area contributed by atoms with Crippen molar-refractivity contribution in [1.29, 1.82) is 0 Å². The predicted molar refractivity (Wildman–Crippen MR) is 123 cm³/mol. The third-order valence-corrected chi connectivity index (χ3v) is 7.25. The summed E-state index contributed by atoms with van der Waals surface area (Å²) in [5.41, 5.74) is 0.995. The monoisotopic (exact) mass is 475 g/mol. The molecular weight excluding hydrogens is 446 g/mol. The topological polar surface area (TPSA) is 122 Å². The Kier molecular flexibility index (Phi) is 7.03. The van der Waals surface area contributed by atoms with Gasteiger partial charge in [0.05, 0.1) is 49.9 Å². The summed E-state index contributed by atoms with van der Waals surface area (Å²) >= 11 is 0. The van der Waals surface area contributed by atoms with E-state index in [0.717, 1.165) is 54.4 Å². The van der Waals surface area contributed by atoms with Gasteiger partial charge < -0.3 is 9.64 Å². The number of nitrogens with zero attached hydrogens (tertiary/aromatic N) is 7. The lowest BCUT2D eigenvalue weighted by Crippen LogP contribution is -2.52. The fraction of sp³-hybridized carbons (Fsp3) is 0.571. The Morgan fingerprint density at radius 1 is 0.970 bits per heavy atom. The highest BCUT2D eigenvalue weighted by atomic mass is 32.2. The van der Waals surface area contributed by atoms with Gasteiger partial charge in [-0.1, -0.05) is 6.92 Å². The minimum atomic E-state index is -3.39. The summed E-state index contributed by atoms with van der Waals surface area (Å²) in [6.07, 6.45) is 10.6. The highest BCUT2D eigenvalue weighted by molar-refractivity contribution is 7.88. The molecule has 2 saturated heterocycles. The first kappa shape index (κ1) is 23.3. The second-order valence-corrected chi connectivity index (χ2v) is 10.3. The first-order valence-electron chi connectivity index (χ1n) is 11.1. The Morgan fingerprint density at radius 2 is 1.70 bits per heavy atom. The third kappa shape index (κ3) is 5.74. The molecule has 0 atom stereocenters. The van der Waals surface area contributed by atoms with Crippen LogP contribution in [-0.4, -0.2) is 84.2 Å². The number of hydrogen-bond donors (Lipinski definition) is 0. The summed E-state index contributed by atoms with van der Waals surface area (Å²) in [6.45, 7) is 4.71. The number of amides is 1. The van der Waals surface area contributed by atoms with Crippen LogP contribution < -0.4 is 14.5 Å². The smallest absolute Gasteiger partial charge is 0.243 e. The van der Waals surface area contributed by atoms with Gasteiger partial charge in [0.2, 0.25) is 21.8 Å². The molecule has 0 N–H and O–H groups in total. The molecule has 0 aliphatic carbocycles. The van der Waals surface area contributed by atoms with Crippen LogP contribution in [0, 0.1) is 5.92 Å². The summed E-state index contributed by atoms with van der Waals surface area (Å²) in [5.74, 6) is 1.81. The van der Waals surface area contributed by atoms with E-state index in [4.69, 9.17) is 4.74 Å². The van der Waals surface area contributed by atoms with Crippen LogP contribution in [0.3, 0.4) is 0 Å². The van der Waals surface area contributed by atoms with E-state index in [0.29, 0.717) is 24.2 Å². The Bertz CT molecular complexity index is 1060. The summed E-state index contributed by atoms with van der Waals surface area (Å²) in [5, 5.41) is 0. The van der Waals surface area contributed by atoms with E-state index in [9.17, 15) is 13.2 Å². The fourth-order valence-corrected chi connectivity index (χ4v) is 4.68. The first-order chi connectivity index (χ1) is 15.8. The number of aromatic nitrogens is 4. The van der Waals surface area contributed by atoms with Gasteiger partial charge >= 0.3 is 0 Å². The van der Waals surface area contributed by atoms with E-state index < -0.39 is 10.0 Å². The number of carbonyl (C=O) groups excluding carboxylic acids is 1. The number of rotatable bonds is 7. The van der Waals surface area contributed by atoms with Crippen molar-refractivity contribution in [2.45, 2.75) is 26.2 Å². The van der Waals surface area contributed by atoms with Crippen LogP contribution >= 0.6 is 0 Å². The Balaban J connectivity index is 1.24. The van der Waals surface area contributed by atoms with Crippen LogP contribution in [0.25, 0.3) is 0 Å². The predicted octanol–water partition coefficient (Wildman–Crippen LogP) is 0.733. The van der Waals surface area contributed by atoms with E-state index >= 15 is 0 Å². The van der Waals surface area contributed by atoms with E-state index in [-0.39, 0.29) is 25.5 Å².